The summed E-state index contributed by atoms with van der Waals surface area (Å²) in [5.41, 5.74) is 9.03. The molecule has 2 aromatic heterocycles. The van der Waals surface area contributed by atoms with Gasteiger partial charge in [-0.25, -0.2) is 9.97 Å². The summed E-state index contributed by atoms with van der Waals surface area (Å²) in [6.07, 6.45) is 3.52. The molecule has 0 aliphatic carbocycles. The van der Waals surface area contributed by atoms with Gasteiger partial charge in [0.05, 0.1) is 17.3 Å². The Hall–Kier alpha value is -2.33. The molecule has 19 heavy (non-hydrogen) atoms. The molecule has 0 saturated carbocycles. The van der Waals surface area contributed by atoms with Crippen molar-refractivity contribution in [2.45, 2.75) is 13.0 Å². The van der Waals surface area contributed by atoms with E-state index in [4.69, 9.17) is 5.73 Å². The molecule has 1 atom stereocenters. The van der Waals surface area contributed by atoms with Crippen LogP contribution >= 0.6 is 0 Å². The molecule has 94 valence electrons. The van der Waals surface area contributed by atoms with E-state index in [9.17, 15) is 0 Å². The van der Waals surface area contributed by atoms with Crippen LogP contribution in [0, 0.1) is 6.92 Å². The van der Waals surface area contributed by atoms with Crippen LogP contribution in [0.5, 0.6) is 0 Å². The van der Waals surface area contributed by atoms with Gasteiger partial charge in [0, 0.05) is 17.8 Å². The lowest BCUT2D eigenvalue weighted by Gasteiger charge is -2.12. The number of nitrogens with two attached hydrogens (primary N) is 1. The van der Waals surface area contributed by atoms with Crippen molar-refractivity contribution < 1.29 is 0 Å². The molecular formula is C15H14N4. The first-order valence-electron chi connectivity index (χ1n) is 6.14. The quantitative estimate of drug-likeness (QED) is 0.758. The van der Waals surface area contributed by atoms with E-state index in [2.05, 4.69) is 15.0 Å². The molecular weight excluding hydrogens is 236 g/mol. The minimum atomic E-state index is -0.256. The molecule has 1 unspecified atom stereocenters. The van der Waals surface area contributed by atoms with Crippen molar-refractivity contribution in [3.8, 4) is 0 Å². The van der Waals surface area contributed by atoms with Gasteiger partial charge in [0.2, 0.25) is 0 Å². The number of pyridine rings is 1. The second-order valence-corrected chi connectivity index (χ2v) is 4.46. The standard InChI is InChI=1S/C15H14N4/c1-10-17-8-6-13(19-10)15(16)12-5-4-11-3-2-7-18-14(11)9-12/h2-9,15H,16H2,1H3. The molecule has 0 saturated heterocycles. The maximum Gasteiger partial charge on any atom is 0.125 e. The van der Waals surface area contributed by atoms with Crippen molar-refractivity contribution in [1.82, 2.24) is 15.0 Å². The first-order valence-corrected chi connectivity index (χ1v) is 6.14. The van der Waals surface area contributed by atoms with Crippen LogP contribution < -0.4 is 5.73 Å². The van der Waals surface area contributed by atoms with Crippen LogP contribution in [0.3, 0.4) is 0 Å². The highest BCUT2D eigenvalue weighted by Gasteiger charge is 2.11. The summed E-state index contributed by atoms with van der Waals surface area (Å²) in [6.45, 7) is 1.86. The number of aryl methyl sites for hydroxylation is 1. The summed E-state index contributed by atoms with van der Waals surface area (Å²) < 4.78 is 0. The number of rotatable bonds is 2. The number of fused-ring (bicyclic) bond motifs is 1. The summed E-state index contributed by atoms with van der Waals surface area (Å²) in [7, 11) is 0. The molecule has 0 aliphatic rings. The lowest BCUT2D eigenvalue weighted by Crippen LogP contribution is -2.14. The lowest BCUT2D eigenvalue weighted by molar-refractivity contribution is 0.808. The molecule has 0 spiro atoms. The van der Waals surface area contributed by atoms with E-state index in [-0.39, 0.29) is 6.04 Å². The van der Waals surface area contributed by atoms with Crippen molar-refractivity contribution in [3.63, 3.8) is 0 Å². The van der Waals surface area contributed by atoms with E-state index >= 15 is 0 Å². The molecule has 0 amide bonds. The number of hydrogen-bond donors (Lipinski definition) is 1. The Labute approximate surface area is 111 Å². The predicted octanol–water partition coefficient (Wildman–Crippen LogP) is 2.38. The zero-order chi connectivity index (χ0) is 13.2. The monoisotopic (exact) mass is 250 g/mol. The van der Waals surface area contributed by atoms with E-state index in [1.54, 1.807) is 12.4 Å². The van der Waals surface area contributed by atoms with Crippen molar-refractivity contribution in [3.05, 3.63) is 65.9 Å². The maximum atomic E-state index is 6.26. The Morgan fingerprint density at radius 3 is 2.79 bits per heavy atom. The first kappa shape index (κ1) is 11.7. The average molecular weight is 250 g/mol. The van der Waals surface area contributed by atoms with Crippen molar-refractivity contribution >= 4 is 10.9 Å². The first-order chi connectivity index (χ1) is 9.24. The molecule has 0 aliphatic heterocycles. The Kier molecular flexibility index (Phi) is 2.93. The van der Waals surface area contributed by atoms with Crippen LogP contribution in [0.4, 0.5) is 0 Å². The molecule has 3 rings (SSSR count). The van der Waals surface area contributed by atoms with Crippen molar-refractivity contribution in [2.24, 2.45) is 5.73 Å². The number of nitrogens with zero attached hydrogens (tertiary/aromatic N) is 3. The van der Waals surface area contributed by atoms with Gasteiger partial charge in [-0.05, 0) is 30.7 Å². The SMILES string of the molecule is Cc1nccc(C(N)c2ccc3cccnc3c2)n1. The minimum Gasteiger partial charge on any atom is -0.319 e. The fraction of sp³-hybridized carbons (Fsp3) is 0.133. The van der Waals surface area contributed by atoms with E-state index in [0.29, 0.717) is 0 Å². The fourth-order valence-electron chi connectivity index (χ4n) is 2.10. The highest BCUT2D eigenvalue weighted by Crippen LogP contribution is 2.21. The smallest absolute Gasteiger partial charge is 0.125 e. The van der Waals surface area contributed by atoms with Gasteiger partial charge in [-0.2, -0.15) is 0 Å². The molecule has 3 aromatic rings. The third-order valence-corrected chi connectivity index (χ3v) is 3.11. The molecule has 2 heterocycles. The summed E-state index contributed by atoms with van der Waals surface area (Å²) in [5, 5.41) is 1.11. The number of hydrogen-bond acceptors (Lipinski definition) is 4. The second-order valence-electron chi connectivity index (χ2n) is 4.46. The summed E-state index contributed by atoms with van der Waals surface area (Å²) in [6, 6.07) is 11.6. The lowest BCUT2D eigenvalue weighted by atomic mass is 10.0. The Morgan fingerprint density at radius 1 is 1.05 bits per heavy atom. The molecule has 0 fully saturated rings. The van der Waals surface area contributed by atoms with E-state index in [1.165, 1.54) is 0 Å². The zero-order valence-corrected chi connectivity index (χ0v) is 10.6. The van der Waals surface area contributed by atoms with Gasteiger partial charge in [-0.15, -0.1) is 0 Å². The summed E-state index contributed by atoms with van der Waals surface area (Å²) >= 11 is 0. The molecule has 4 heteroatoms. The predicted molar refractivity (Wildman–Crippen MR) is 74.5 cm³/mol. The third kappa shape index (κ3) is 2.30. The molecule has 0 radical (unpaired) electrons. The fourth-order valence-corrected chi connectivity index (χ4v) is 2.10. The summed E-state index contributed by atoms with van der Waals surface area (Å²) in [4.78, 5) is 12.8. The largest absolute Gasteiger partial charge is 0.319 e. The average Bonchev–Trinajstić information content (AvgIpc) is 2.46. The van der Waals surface area contributed by atoms with Crippen LogP contribution in [-0.4, -0.2) is 15.0 Å². The van der Waals surface area contributed by atoms with E-state index in [0.717, 1.165) is 28.0 Å². The normalized spacial score (nSPS) is 12.5. The summed E-state index contributed by atoms with van der Waals surface area (Å²) in [5.74, 6) is 0.729. The third-order valence-electron chi connectivity index (χ3n) is 3.11. The topological polar surface area (TPSA) is 64.7 Å². The van der Waals surface area contributed by atoms with Gasteiger partial charge in [-0.3, -0.25) is 4.98 Å². The van der Waals surface area contributed by atoms with Gasteiger partial charge in [0.1, 0.15) is 5.82 Å². The highest BCUT2D eigenvalue weighted by atomic mass is 14.9. The Bertz CT molecular complexity index is 724. The van der Waals surface area contributed by atoms with Gasteiger partial charge in [0.15, 0.2) is 0 Å². The van der Waals surface area contributed by atoms with Gasteiger partial charge >= 0.3 is 0 Å². The second kappa shape index (κ2) is 4.74. The highest BCUT2D eigenvalue weighted by molar-refractivity contribution is 5.79. The van der Waals surface area contributed by atoms with Crippen molar-refractivity contribution in [1.29, 1.82) is 0 Å². The molecule has 2 N–H and O–H groups in total. The van der Waals surface area contributed by atoms with Crippen LogP contribution in [-0.2, 0) is 0 Å². The molecule has 4 nitrogen and oxygen atoms in total. The van der Waals surface area contributed by atoms with Gasteiger partial charge in [-0.1, -0.05) is 18.2 Å². The van der Waals surface area contributed by atoms with Crippen LogP contribution in [0.1, 0.15) is 23.1 Å². The van der Waals surface area contributed by atoms with Crippen molar-refractivity contribution in [2.75, 3.05) is 0 Å². The number of aromatic nitrogens is 3. The van der Waals surface area contributed by atoms with Gasteiger partial charge < -0.3 is 5.73 Å². The minimum absolute atomic E-state index is 0.256. The molecule has 1 aromatic carbocycles. The van der Waals surface area contributed by atoms with Crippen LogP contribution in [0.15, 0.2) is 48.8 Å². The van der Waals surface area contributed by atoms with E-state index < -0.39 is 0 Å². The van der Waals surface area contributed by atoms with Crippen LogP contribution in [0.25, 0.3) is 10.9 Å². The van der Waals surface area contributed by atoms with Gasteiger partial charge in [0.25, 0.3) is 0 Å². The number of benzene rings is 1. The Balaban J connectivity index is 2.04. The maximum absolute atomic E-state index is 6.26. The van der Waals surface area contributed by atoms with E-state index in [1.807, 2.05) is 43.3 Å². The van der Waals surface area contributed by atoms with Crippen LogP contribution in [0.2, 0.25) is 0 Å². The molecule has 0 bridgehead atoms. The zero-order valence-electron chi connectivity index (χ0n) is 10.6. The Morgan fingerprint density at radius 2 is 1.95 bits per heavy atom.